The molecular formula is C20H17N3O3. The average Bonchev–Trinajstić information content (AvgIpc) is 3.43. The maximum Gasteiger partial charge on any atom is 0.228 e. The molecule has 2 N–H and O–H groups in total. The molecule has 0 aromatic heterocycles. The molecule has 2 aromatic carbocycles. The highest BCUT2D eigenvalue weighted by Gasteiger charge is 2.48. The second-order valence-corrected chi connectivity index (χ2v) is 6.26. The van der Waals surface area contributed by atoms with Crippen LogP contribution in [0.4, 0.5) is 11.4 Å². The monoisotopic (exact) mass is 347 g/mol. The van der Waals surface area contributed by atoms with E-state index in [1.807, 2.05) is 6.07 Å². The molecule has 0 radical (unpaired) electrons. The van der Waals surface area contributed by atoms with Gasteiger partial charge in [-0.05, 0) is 43.7 Å². The quantitative estimate of drug-likeness (QED) is 0.812. The van der Waals surface area contributed by atoms with Crippen LogP contribution in [0.3, 0.4) is 0 Å². The van der Waals surface area contributed by atoms with E-state index in [4.69, 9.17) is 5.26 Å². The molecule has 1 saturated carbocycles. The van der Waals surface area contributed by atoms with Gasteiger partial charge in [0.2, 0.25) is 11.8 Å². The predicted molar refractivity (Wildman–Crippen MR) is 96.5 cm³/mol. The van der Waals surface area contributed by atoms with Gasteiger partial charge in [0.05, 0.1) is 23.5 Å². The van der Waals surface area contributed by atoms with Crippen molar-refractivity contribution < 1.29 is 14.4 Å². The van der Waals surface area contributed by atoms with Gasteiger partial charge in [0, 0.05) is 16.9 Å². The largest absolute Gasteiger partial charge is 0.326 e. The molecule has 0 saturated heterocycles. The Kier molecular flexibility index (Phi) is 4.81. The number of ketones is 1. The molecule has 26 heavy (non-hydrogen) atoms. The SMILES string of the molecule is CC(=O)c1cccc(NC(=O)C2CC2C(=O)Nc2cccc(C#N)c2)c1. The molecule has 0 aliphatic heterocycles. The van der Waals surface area contributed by atoms with E-state index >= 15 is 0 Å². The number of hydrogen-bond donors (Lipinski definition) is 2. The number of anilines is 2. The third-order valence-electron chi connectivity index (χ3n) is 4.26. The summed E-state index contributed by atoms with van der Waals surface area (Å²) in [5, 5.41) is 14.4. The van der Waals surface area contributed by atoms with Crippen molar-refractivity contribution in [1.82, 2.24) is 0 Å². The zero-order valence-electron chi connectivity index (χ0n) is 14.2. The number of benzene rings is 2. The molecule has 1 aliphatic rings. The summed E-state index contributed by atoms with van der Waals surface area (Å²) in [7, 11) is 0. The fourth-order valence-corrected chi connectivity index (χ4v) is 2.73. The Labute approximate surface area is 150 Å². The fourth-order valence-electron chi connectivity index (χ4n) is 2.73. The van der Waals surface area contributed by atoms with Crippen LogP contribution in [-0.4, -0.2) is 17.6 Å². The van der Waals surface area contributed by atoms with Crippen molar-refractivity contribution in [2.24, 2.45) is 11.8 Å². The number of amides is 2. The van der Waals surface area contributed by atoms with Crippen molar-refractivity contribution in [2.75, 3.05) is 10.6 Å². The second-order valence-electron chi connectivity index (χ2n) is 6.26. The second kappa shape index (κ2) is 7.19. The molecule has 6 heteroatoms. The lowest BCUT2D eigenvalue weighted by atomic mass is 10.1. The molecule has 130 valence electrons. The van der Waals surface area contributed by atoms with E-state index in [0.29, 0.717) is 28.9 Å². The molecule has 2 amide bonds. The van der Waals surface area contributed by atoms with Gasteiger partial charge in [0.1, 0.15) is 0 Å². The highest BCUT2D eigenvalue weighted by atomic mass is 16.2. The van der Waals surface area contributed by atoms with Gasteiger partial charge in [-0.2, -0.15) is 5.26 Å². The lowest BCUT2D eigenvalue weighted by molar-refractivity contribution is -0.122. The van der Waals surface area contributed by atoms with Crippen LogP contribution in [0.5, 0.6) is 0 Å². The Morgan fingerprint density at radius 2 is 1.54 bits per heavy atom. The van der Waals surface area contributed by atoms with Gasteiger partial charge in [0.15, 0.2) is 5.78 Å². The van der Waals surface area contributed by atoms with E-state index in [1.54, 1.807) is 48.5 Å². The Morgan fingerprint density at radius 1 is 0.962 bits per heavy atom. The summed E-state index contributed by atoms with van der Waals surface area (Å²) in [6.45, 7) is 1.46. The van der Waals surface area contributed by atoms with Crippen molar-refractivity contribution in [2.45, 2.75) is 13.3 Å². The number of carbonyl (C=O) groups excluding carboxylic acids is 3. The molecule has 0 heterocycles. The molecule has 1 fully saturated rings. The van der Waals surface area contributed by atoms with Crippen molar-refractivity contribution in [3.05, 3.63) is 59.7 Å². The normalized spacial score (nSPS) is 17.7. The van der Waals surface area contributed by atoms with Crippen molar-refractivity contribution in [3.8, 4) is 6.07 Å². The summed E-state index contributed by atoms with van der Waals surface area (Å²) in [5.74, 6) is -1.34. The van der Waals surface area contributed by atoms with Crippen LogP contribution in [0.25, 0.3) is 0 Å². The number of carbonyl (C=O) groups is 3. The predicted octanol–water partition coefficient (Wildman–Crippen LogP) is 2.97. The van der Waals surface area contributed by atoms with Gasteiger partial charge in [-0.1, -0.05) is 18.2 Å². The van der Waals surface area contributed by atoms with Crippen LogP contribution in [0, 0.1) is 23.2 Å². The Morgan fingerprint density at radius 3 is 2.12 bits per heavy atom. The lowest BCUT2D eigenvalue weighted by Gasteiger charge is -2.07. The first-order valence-corrected chi connectivity index (χ1v) is 8.21. The molecule has 1 aliphatic carbocycles. The van der Waals surface area contributed by atoms with Crippen LogP contribution in [0.2, 0.25) is 0 Å². The third kappa shape index (κ3) is 3.95. The van der Waals surface area contributed by atoms with E-state index in [1.165, 1.54) is 6.92 Å². The molecule has 6 nitrogen and oxygen atoms in total. The summed E-state index contributed by atoms with van der Waals surface area (Å²) in [6, 6.07) is 15.3. The first kappa shape index (κ1) is 17.4. The van der Waals surface area contributed by atoms with Gasteiger partial charge in [0.25, 0.3) is 0 Å². The van der Waals surface area contributed by atoms with Crippen molar-refractivity contribution >= 4 is 29.0 Å². The fraction of sp³-hybridized carbons (Fsp3) is 0.200. The Bertz CT molecular complexity index is 930. The van der Waals surface area contributed by atoms with Crippen molar-refractivity contribution in [3.63, 3.8) is 0 Å². The van der Waals surface area contributed by atoms with Crippen molar-refractivity contribution in [1.29, 1.82) is 5.26 Å². The maximum atomic E-state index is 12.3. The highest BCUT2D eigenvalue weighted by Crippen LogP contribution is 2.40. The standard InChI is InChI=1S/C20H17N3O3/c1-12(24)14-5-3-7-16(9-14)23-20(26)18-10-17(18)19(25)22-15-6-2-4-13(8-15)11-21/h2-9,17-18H,10H2,1H3,(H,22,25)(H,23,26). The number of rotatable bonds is 5. The number of nitriles is 1. The van der Waals surface area contributed by atoms with Gasteiger partial charge in [-0.3, -0.25) is 14.4 Å². The minimum absolute atomic E-state index is 0.0793. The summed E-state index contributed by atoms with van der Waals surface area (Å²) in [4.78, 5) is 36.0. The zero-order valence-corrected chi connectivity index (χ0v) is 14.2. The summed E-state index contributed by atoms with van der Waals surface area (Å²) in [6.07, 6.45) is 0.474. The smallest absolute Gasteiger partial charge is 0.228 e. The summed E-state index contributed by atoms with van der Waals surface area (Å²) < 4.78 is 0. The first-order valence-electron chi connectivity index (χ1n) is 8.21. The van der Waals surface area contributed by atoms with E-state index in [2.05, 4.69) is 10.6 Å². The maximum absolute atomic E-state index is 12.3. The van der Waals surface area contributed by atoms with Crippen LogP contribution in [0.1, 0.15) is 29.3 Å². The molecule has 2 unspecified atom stereocenters. The van der Waals surface area contributed by atoms with Gasteiger partial charge >= 0.3 is 0 Å². The Hall–Kier alpha value is -3.46. The Balaban J connectivity index is 1.58. The van der Waals surface area contributed by atoms with E-state index in [0.717, 1.165) is 0 Å². The van der Waals surface area contributed by atoms with Crippen LogP contribution >= 0.6 is 0 Å². The highest BCUT2D eigenvalue weighted by molar-refractivity contribution is 6.04. The number of hydrogen-bond acceptors (Lipinski definition) is 4. The van der Waals surface area contributed by atoms with Gasteiger partial charge < -0.3 is 10.6 Å². The molecule has 3 rings (SSSR count). The molecule has 0 spiro atoms. The van der Waals surface area contributed by atoms with E-state index in [-0.39, 0.29) is 17.6 Å². The van der Waals surface area contributed by atoms with E-state index < -0.39 is 11.8 Å². The third-order valence-corrected chi connectivity index (χ3v) is 4.26. The zero-order chi connectivity index (χ0) is 18.7. The molecule has 0 bridgehead atoms. The first-order chi connectivity index (χ1) is 12.5. The summed E-state index contributed by atoms with van der Waals surface area (Å²) in [5.41, 5.74) is 2.05. The number of nitrogens with zero attached hydrogens (tertiary/aromatic N) is 1. The van der Waals surface area contributed by atoms with Crippen LogP contribution < -0.4 is 10.6 Å². The minimum Gasteiger partial charge on any atom is -0.326 e. The molecule has 2 aromatic rings. The molecular weight excluding hydrogens is 330 g/mol. The average molecular weight is 347 g/mol. The molecule has 2 atom stereocenters. The van der Waals surface area contributed by atoms with Crippen LogP contribution in [-0.2, 0) is 9.59 Å². The van der Waals surface area contributed by atoms with Gasteiger partial charge in [-0.25, -0.2) is 0 Å². The van der Waals surface area contributed by atoms with Gasteiger partial charge in [-0.15, -0.1) is 0 Å². The topological polar surface area (TPSA) is 99.1 Å². The number of Topliss-reactive ketones (excluding diaryl/α,β-unsaturated/α-hetero) is 1. The minimum atomic E-state index is -0.393. The summed E-state index contributed by atoms with van der Waals surface area (Å²) >= 11 is 0. The van der Waals surface area contributed by atoms with E-state index in [9.17, 15) is 14.4 Å². The number of nitrogens with one attached hydrogen (secondary N) is 2. The van der Waals surface area contributed by atoms with Crippen LogP contribution in [0.15, 0.2) is 48.5 Å². The lowest BCUT2D eigenvalue weighted by Crippen LogP contribution is -2.20.